The van der Waals surface area contributed by atoms with E-state index >= 15 is 0 Å². The number of hydrogen-bond donors (Lipinski definition) is 1. The van der Waals surface area contributed by atoms with Crippen molar-refractivity contribution in [1.82, 2.24) is 19.4 Å². The van der Waals surface area contributed by atoms with Crippen molar-refractivity contribution < 1.29 is 0 Å². The van der Waals surface area contributed by atoms with Crippen molar-refractivity contribution >= 4 is 17.1 Å². The Morgan fingerprint density at radius 2 is 2.32 bits per heavy atom. The lowest BCUT2D eigenvalue weighted by Gasteiger charge is -2.20. The predicted octanol–water partition coefficient (Wildman–Crippen LogP) is 1.74. The van der Waals surface area contributed by atoms with E-state index in [1.807, 2.05) is 12.1 Å². The number of nitrogen functional groups attached to an aromatic ring is 1. The molecule has 0 spiro atoms. The van der Waals surface area contributed by atoms with E-state index in [0.717, 1.165) is 24.3 Å². The summed E-state index contributed by atoms with van der Waals surface area (Å²) in [5, 5.41) is 0. The van der Waals surface area contributed by atoms with Crippen molar-refractivity contribution in [2.75, 3.05) is 18.8 Å². The quantitative estimate of drug-likeness (QED) is 0.912. The molecule has 1 saturated heterocycles. The molecule has 0 saturated carbocycles. The van der Waals surface area contributed by atoms with E-state index in [0.29, 0.717) is 17.9 Å². The Balaban J connectivity index is 1.81. The van der Waals surface area contributed by atoms with Gasteiger partial charge in [0.1, 0.15) is 5.52 Å². The Labute approximate surface area is 113 Å². The van der Waals surface area contributed by atoms with Gasteiger partial charge in [-0.25, -0.2) is 9.97 Å². The topological polar surface area (TPSA) is 60.0 Å². The summed E-state index contributed by atoms with van der Waals surface area (Å²) in [6, 6.07) is 4.49. The van der Waals surface area contributed by atoms with Crippen molar-refractivity contribution in [2.45, 2.75) is 32.9 Å². The zero-order chi connectivity index (χ0) is 13.4. The molecule has 2 aromatic heterocycles. The average Bonchev–Trinajstić information content (AvgIpc) is 2.96. The molecule has 1 fully saturated rings. The number of pyridine rings is 1. The molecule has 19 heavy (non-hydrogen) atoms. The molecule has 3 rings (SSSR count). The molecule has 0 radical (unpaired) electrons. The molecule has 5 nitrogen and oxygen atoms in total. The van der Waals surface area contributed by atoms with Crippen molar-refractivity contribution in [2.24, 2.45) is 5.92 Å². The third-order valence-corrected chi connectivity index (χ3v) is 4.02. The van der Waals surface area contributed by atoms with Gasteiger partial charge in [-0.3, -0.25) is 4.57 Å². The highest BCUT2D eigenvalue weighted by Gasteiger charge is 2.25. The zero-order valence-electron chi connectivity index (χ0n) is 11.6. The number of fused-ring (bicyclic) bond motifs is 1. The van der Waals surface area contributed by atoms with E-state index in [9.17, 15) is 0 Å². The van der Waals surface area contributed by atoms with Crippen LogP contribution in [0.1, 0.15) is 20.3 Å². The van der Waals surface area contributed by atoms with Crippen LogP contribution in [0, 0.1) is 5.92 Å². The standard InChI is InChI=1S/C14H21N5/c1-10(2)18-7-5-11(8-18)9-19-13-12(17-14(19)15)4-3-6-16-13/h3-4,6,10-11H,5,7-9H2,1-2H3,(H2,15,17). The minimum atomic E-state index is 0.580. The van der Waals surface area contributed by atoms with Crippen LogP contribution in [0.4, 0.5) is 5.95 Å². The van der Waals surface area contributed by atoms with Crippen molar-refractivity contribution in [3.05, 3.63) is 18.3 Å². The summed E-state index contributed by atoms with van der Waals surface area (Å²) < 4.78 is 2.06. The van der Waals surface area contributed by atoms with E-state index < -0.39 is 0 Å². The molecule has 0 amide bonds. The Bertz CT molecular complexity index is 574. The molecule has 1 unspecified atom stereocenters. The minimum absolute atomic E-state index is 0.580. The summed E-state index contributed by atoms with van der Waals surface area (Å²) in [6.45, 7) is 7.75. The highest BCUT2D eigenvalue weighted by atomic mass is 15.2. The first kappa shape index (κ1) is 12.4. The summed E-state index contributed by atoms with van der Waals surface area (Å²) >= 11 is 0. The molecular formula is C14H21N5. The number of imidazole rings is 1. The highest BCUT2D eigenvalue weighted by molar-refractivity contribution is 5.73. The molecule has 1 atom stereocenters. The summed E-state index contributed by atoms with van der Waals surface area (Å²) in [6.07, 6.45) is 3.03. The van der Waals surface area contributed by atoms with Crippen molar-refractivity contribution in [1.29, 1.82) is 0 Å². The SMILES string of the molecule is CC(C)N1CCC(Cn2c(N)nc3cccnc32)C1. The Kier molecular flexibility index (Phi) is 3.14. The minimum Gasteiger partial charge on any atom is -0.369 e. The normalized spacial score (nSPS) is 20.7. The fourth-order valence-corrected chi connectivity index (χ4v) is 2.89. The first-order chi connectivity index (χ1) is 9.15. The molecule has 5 heteroatoms. The van der Waals surface area contributed by atoms with Gasteiger partial charge in [-0.05, 0) is 44.9 Å². The van der Waals surface area contributed by atoms with Crippen LogP contribution < -0.4 is 5.73 Å². The van der Waals surface area contributed by atoms with Gasteiger partial charge in [0.05, 0.1) is 0 Å². The van der Waals surface area contributed by atoms with Crippen LogP contribution in [0.3, 0.4) is 0 Å². The van der Waals surface area contributed by atoms with Crippen LogP contribution in [0.2, 0.25) is 0 Å². The lowest BCUT2D eigenvalue weighted by atomic mass is 10.1. The molecule has 2 aromatic rings. The smallest absolute Gasteiger partial charge is 0.202 e. The number of nitrogens with zero attached hydrogens (tertiary/aromatic N) is 4. The van der Waals surface area contributed by atoms with E-state index in [-0.39, 0.29) is 0 Å². The highest BCUT2D eigenvalue weighted by Crippen LogP contribution is 2.23. The van der Waals surface area contributed by atoms with Crippen LogP contribution in [0.15, 0.2) is 18.3 Å². The third kappa shape index (κ3) is 2.30. The molecule has 0 bridgehead atoms. The summed E-state index contributed by atoms with van der Waals surface area (Å²) in [5.41, 5.74) is 7.82. The molecule has 1 aliphatic heterocycles. The molecule has 102 valence electrons. The molecule has 0 aliphatic carbocycles. The van der Waals surface area contributed by atoms with E-state index in [4.69, 9.17) is 5.73 Å². The maximum Gasteiger partial charge on any atom is 0.202 e. The van der Waals surface area contributed by atoms with E-state index in [2.05, 4.69) is 33.3 Å². The maximum atomic E-state index is 6.02. The average molecular weight is 259 g/mol. The Morgan fingerprint density at radius 1 is 1.47 bits per heavy atom. The largest absolute Gasteiger partial charge is 0.369 e. The van der Waals surface area contributed by atoms with Crippen LogP contribution >= 0.6 is 0 Å². The molecule has 2 N–H and O–H groups in total. The van der Waals surface area contributed by atoms with Gasteiger partial charge in [0.25, 0.3) is 0 Å². The van der Waals surface area contributed by atoms with Crippen LogP contribution in [-0.2, 0) is 6.54 Å². The van der Waals surface area contributed by atoms with E-state index in [1.165, 1.54) is 13.0 Å². The number of anilines is 1. The van der Waals surface area contributed by atoms with Crippen LogP contribution in [-0.4, -0.2) is 38.6 Å². The van der Waals surface area contributed by atoms with Crippen molar-refractivity contribution in [3.8, 4) is 0 Å². The number of hydrogen-bond acceptors (Lipinski definition) is 4. The summed E-state index contributed by atoms with van der Waals surface area (Å²) in [4.78, 5) is 11.3. The molecule has 3 heterocycles. The fourth-order valence-electron chi connectivity index (χ4n) is 2.89. The van der Waals surface area contributed by atoms with Gasteiger partial charge in [0.2, 0.25) is 5.95 Å². The van der Waals surface area contributed by atoms with Crippen LogP contribution in [0.25, 0.3) is 11.2 Å². The van der Waals surface area contributed by atoms with Gasteiger partial charge in [0.15, 0.2) is 5.65 Å². The second-order valence-corrected chi connectivity index (χ2v) is 5.67. The predicted molar refractivity (Wildman–Crippen MR) is 76.8 cm³/mol. The second-order valence-electron chi connectivity index (χ2n) is 5.67. The van der Waals surface area contributed by atoms with Crippen molar-refractivity contribution in [3.63, 3.8) is 0 Å². The molecular weight excluding hydrogens is 238 g/mol. The first-order valence-corrected chi connectivity index (χ1v) is 6.96. The molecule has 1 aliphatic rings. The number of rotatable bonds is 3. The second kappa shape index (κ2) is 4.81. The lowest BCUT2D eigenvalue weighted by Crippen LogP contribution is -2.28. The van der Waals surface area contributed by atoms with Crippen LogP contribution in [0.5, 0.6) is 0 Å². The summed E-state index contributed by atoms with van der Waals surface area (Å²) in [7, 11) is 0. The Hall–Kier alpha value is -1.62. The zero-order valence-corrected chi connectivity index (χ0v) is 11.6. The lowest BCUT2D eigenvalue weighted by molar-refractivity contribution is 0.261. The monoisotopic (exact) mass is 259 g/mol. The first-order valence-electron chi connectivity index (χ1n) is 6.96. The maximum absolute atomic E-state index is 6.02. The summed E-state index contributed by atoms with van der Waals surface area (Å²) in [5.74, 6) is 1.22. The number of aromatic nitrogens is 3. The molecule has 0 aromatic carbocycles. The fraction of sp³-hybridized carbons (Fsp3) is 0.571. The van der Waals surface area contributed by atoms with E-state index in [1.54, 1.807) is 6.20 Å². The van der Waals surface area contributed by atoms with Gasteiger partial charge in [-0.15, -0.1) is 0 Å². The number of likely N-dealkylation sites (tertiary alicyclic amines) is 1. The number of nitrogens with two attached hydrogens (primary N) is 1. The van der Waals surface area contributed by atoms with Gasteiger partial charge < -0.3 is 10.6 Å². The third-order valence-electron chi connectivity index (χ3n) is 4.02. The van der Waals surface area contributed by atoms with Gasteiger partial charge >= 0.3 is 0 Å². The van der Waals surface area contributed by atoms with Gasteiger partial charge in [-0.1, -0.05) is 0 Å². The Morgan fingerprint density at radius 3 is 3.05 bits per heavy atom. The van der Waals surface area contributed by atoms with Gasteiger partial charge in [-0.2, -0.15) is 0 Å². The van der Waals surface area contributed by atoms with Gasteiger partial charge in [0, 0.05) is 25.3 Å².